The van der Waals surface area contributed by atoms with E-state index >= 15 is 0 Å². The average molecular weight is 296 g/mol. The summed E-state index contributed by atoms with van der Waals surface area (Å²) in [5, 5.41) is 5.64. The van der Waals surface area contributed by atoms with Gasteiger partial charge < -0.3 is 15.4 Å². The Balaban J connectivity index is 1.81. The summed E-state index contributed by atoms with van der Waals surface area (Å²) in [6.07, 6.45) is 0.152. The van der Waals surface area contributed by atoms with Crippen LogP contribution in [-0.2, 0) is 9.59 Å². The van der Waals surface area contributed by atoms with Crippen molar-refractivity contribution in [2.75, 3.05) is 17.7 Å². The summed E-state index contributed by atoms with van der Waals surface area (Å²) in [6.45, 7) is 0. The molecule has 112 valence electrons. The van der Waals surface area contributed by atoms with Gasteiger partial charge in [0.15, 0.2) is 0 Å². The van der Waals surface area contributed by atoms with Crippen molar-refractivity contribution in [2.45, 2.75) is 12.3 Å². The molecule has 0 fully saturated rings. The normalized spacial score (nSPS) is 16.4. The number of benzene rings is 2. The van der Waals surface area contributed by atoms with Crippen LogP contribution in [0.1, 0.15) is 17.9 Å². The maximum atomic E-state index is 12.5. The van der Waals surface area contributed by atoms with Crippen molar-refractivity contribution in [1.29, 1.82) is 0 Å². The highest BCUT2D eigenvalue weighted by Gasteiger charge is 2.30. The van der Waals surface area contributed by atoms with Crippen molar-refractivity contribution in [1.82, 2.24) is 0 Å². The third-order valence-electron chi connectivity index (χ3n) is 3.67. The van der Waals surface area contributed by atoms with E-state index in [1.54, 1.807) is 37.4 Å². The summed E-state index contributed by atoms with van der Waals surface area (Å²) >= 11 is 0. The number of methoxy groups -OCH3 is 1. The first-order chi connectivity index (χ1) is 10.7. The van der Waals surface area contributed by atoms with E-state index in [9.17, 15) is 9.59 Å². The van der Waals surface area contributed by atoms with Gasteiger partial charge in [0.2, 0.25) is 11.8 Å². The molecule has 3 rings (SSSR count). The SMILES string of the molecule is COc1ccc(NC(=O)C2CC(=O)Nc3ccccc32)cc1. The molecule has 1 aliphatic rings. The second-order valence-electron chi connectivity index (χ2n) is 5.11. The molecule has 2 aromatic rings. The Hall–Kier alpha value is -2.82. The number of para-hydroxylation sites is 1. The van der Waals surface area contributed by atoms with Gasteiger partial charge in [0.25, 0.3) is 0 Å². The molecule has 1 heterocycles. The van der Waals surface area contributed by atoms with E-state index < -0.39 is 5.92 Å². The van der Waals surface area contributed by atoms with Gasteiger partial charge in [0.05, 0.1) is 13.0 Å². The number of nitrogens with one attached hydrogen (secondary N) is 2. The Labute approximate surface area is 128 Å². The van der Waals surface area contributed by atoms with Crippen molar-refractivity contribution in [3.05, 3.63) is 54.1 Å². The molecule has 22 heavy (non-hydrogen) atoms. The van der Waals surface area contributed by atoms with E-state index in [1.807, 2.05) is 18.2 Å². The Bertz CT molecular complexity index is 710. The molecule has 0 saturated heterocycles. The number of anilines is 2. The van der Waals surface area contributed by atoms with Gasteiger partial charge in [0, 0.05) is 17.8 Å². The van der Waals surface area contributed by atoms with Crippen molar-refractivity contribution in [2.24, 2.45) is 0 Å². The van der Waals surface area contributed by atoms with Crippen LogP contribution in [-0.4, -0.2) is 18.9 Å². The number of carbonyl (C=O) groups is 2. The number of hydrogen-bond donors (Lipinski definition) is 2. The predicted octanol–water partition coefficient (Wildman–Crippen LogP) is 2.76. The number of fused-ring (bicyclic) bond motifs is 1. The van der Waals surface area contributed by atoms with Gasteiger partial charge in [-0.2, -0.15) is 0 Å². The minimum absolute atomic E-state index is 0.145. The zero-order valence-electron chi connectivity index (χ0n) is 12.1. The fraction of sp³-hybridized carbons (Fsp3) is 0.176. The molecular weight excluding hydrogens is 280 g/mol. The highest BCUT2D eigenvalue weighted by Crippen LogP contribution is 2.32. The lowest BCUT2D eigenvalue weighted by Crippen LogP contribution is -2.30. The molecule has 1 aliphatic heterocycles. The van der Waals surface area contributed by atoms with Crippen LogP contribution >= 0.6 is 0 Å². The number of hydrogen-bond acceptors (Lipinski definition) is 3. The molecule has 5 nitrogen and oxygen atoms in total. The predicted molar refractivity (Wildman–Crippen MR) is 84.1 cm³/mol. The van der Waals surface area contributed by atoms with E-state index in [2.05, 4.69) is 10.6 Å². The lowest BCUT2D eigenvalue weighted by molar-refractivity contribution is -0.123. The molecular formula is C17H16N2O3. The molecule has 1 atom stereocenters. The van der Waals surface area contributed by atoms with Crippen molar-refractivity contribution >= 4 is 23.2 Å². The van der Waals surface area contributed by atoms with Crippen LogP contribution in [0.25, 0.3) is 0 Å². The minimum Gasteiger partial charge on any atom is -0.497 e. The molecule has 0 bridgehead atoms. The fourth-order valence-electron chi connectivity index (χ4n) is 2.55. The zero-order valence-corrected chi connectivity index (χ0v) is 12.1. The largest absolute Gasteiger partial charge is 0.497 e. The van der Waals surface area contributed by atoms with Crippen molar-refractivity contribution < 1.29 is 14.3 Å². The molecule has 5 heteroatoms. The summed E-state index contributed by atoms with van der Waals surface area (Å²) in [7, 11) is 1.59. The van der Waals surface area contributed by atoms with Crippen LogP contribution in [0.4, 0.5) is 11.4 Å². The first kappa shape index (κ1) is 14.1. The quantitative estimate of drug-likeness (QED) is 0.915. The summed E-state index contributed by atoms with van der Waals surface area (Å²) in [6, 6.07) is 14.5. The molecule has 2 amide bonds. The molecule has 1 unspecified atom stereocenters. The minimum atomic E-state index is -0.480. The van der Waals surface area contributed by atoms with Gasteiger partial charge in [-0.05, 0) is 35.9 Å². The van der Waals surface area contributed by atoms with E-state index in [-0.39, 0.29) is 18.2 Å². The second kappa shape index (κ2) is 5.89. The zero-order chi connectivity index (χ0) is 15.5. The molecule has 0 saturated carbocycles. The van der Waals surface area contributed by atoms with E-state index in [0.717, 1.165) is 11.3 Å². The number of amides is 2. The highest BCUT2D eigenvalue weighted by atomic mass is 16.5. The number of carbonyl (C=O) groups excluding carboxylic acids is 2. The van der Waals surface area contributed by atoms with Crippen LogP contribution in [0, 0.1) is 0 Å². The van der Waals surface area contributed by atoms with Crippen LogP contribution in [0.2, 0.25) is 0 Å². The smallest absolute Gasteiger partial charge is 0.232 e. The summed E-state index contributed by atoms with van der Waals surface area (Å²) in [5.41, 5.74) is 2.22. The third kappa shape index (κ3) is 2.79. The first-order valence-corrected chi connectivity index (χ1v) is 7.01. The van der Waals surface area contributed by atoms with Gasteiger partial charge in [-0.15, -0.1) is 0 Å². The molecule has 2 N–H and O–H groups in total. The van der Waals surface area contributed by atoms with Crippen LogP contribution < -0.4 is 15.4 Å². The lowest BCUT2D eigenvalue weighted by atomic mass is 9.90. The van der Waals surface area contributed by atoms with E-state index in [0.29, 0.717) is 11.4 Å². The summed E-state index contributed by atoms with van der Waals surface area (Å²) < 4.78 is 5.09. The fourth-order valence-corrected chi connectivity index (χ4v) is 2.55. The van der Waals surface area contributed by atoms with Crippen LogP contribution in [0.5, 0.6) is 5.75 Å². The average Bonchev–Trinajstić information content (AvgIpc) is 2.54. The maximum absolute atomic E-state index is 12.5. The Morgan fingerprint density at radius 2 is 1.91 bits per heavy atom. The van der Waals surface area contributed by atoms with Crippen LogP contribution in [0.3, 0.4) is 0 Å². The molecule has 0 spiro atoms. The maximum Gasteiger partial charge on any atom is 0.232 e. The second-order valence-corrected chi connectivity index (χ2v) is 5.11. The number of rotatable bonds is 3. The van der Waals surface area contributed by atoms with Gasteiger partial charge in [-0.1, -0.05) is 18.2 Å². The monoisotopic (exact) mass is 296 g/mol. The van der Waals surface area contributed by atoms with E-state index in [1.165, 1.54) is 0 Å². The van der Waals surface area contributed by atoms with E-state index in [4.69, 9.17) is 4.74 Å². The summed E-state index contributed by atoms with van der Waals surface area (Å²) in [5.74, 6) is -0.0894. The van der Waals surface area contributed by atoms with Crippen molar-refractivity contribution in [3.8, 4) is 5.75 Å². The first-order valence-electron chi connectivity index (χ1n) is 7.01. The Morgan fingerprint density at radius 1 is 1.18 bits per heavy atom. The highest BCUT2D eigenvalue weighted by molar-refractivity contribution is 6.05. The number of ether oxygens (including phenoxy) is 1. The lowest BCUT2D eigenvalue weighted by Gasteiger charge is -2.24. The Morgan fingerprint density at radius 3 is 2.64 bits per heavy atom. The molecule has 0 aromatic heterocycles. The molecule has 2 aromatic carbocycles. The topological polar surface area (TPSA) is 67.4 Å². The van der Waals surface area contributed by atoms with Gasteiger partial charge in [-0.25, -0.2) is 0 Å². The molecule has 0 aliphatic carbocycles. The van der Waals surface area contributed by atoms with Gasteiger partial charge >= 0.3 is 0 Å². The van der Waals surface area contributed by atoms with Gasteiger partial charge in [0.1, 0.15) is 5.75 Å². The van der Waals surface area contributed by atoms with Crippen LogP contribution in [0.15, 0.2) is 48.5 Å². The molecule has 0 radical (unpaired) electrons. The van der Waals surface area contributed by atoms with Gasteiger partial charge in [-0.3, -0.25) is 9.59 Å². The Kier molecular flexibility index (Phi) is 3.78. The van der Waals surface area contributed by atoms with Crippen molar-refractivity contribution in [3.63, 3.8) is 0 Å². The third-order valence-corrected chi connectivity index (χ3v) is 3.67. The standard InChI is InChI=1S/C17H16N2O3/c1-22-12-8-6-11(7-9-12)18-17(21)14-10-16(20)19-15-5-3-2-4-13(14)15/h2-9,14H,10H2,1H3,(H,18,21)(H,19,20). The summed E-state index contributed by atoms with van der Waals surface area (Å²) in [4.78, 5) is 24.3.